The van der Waals surface area contributed by atoms with Crippen LogP contribution >= 0.6 is 0 Å². The highest BCUT2D eigenvalue weighted by Gasteiger charge is 2.52. The van der Waals surface area contributed by atoms with E-state index >= 15 is 0 Å². The van der Waals surface area contributed by atoms with Gasteiger partial charge in [0.2, 0.25) is 12.1 Å². The normalized spacial score (nSPS) is 20.7. The molecule has 53 heavy (non-hydrogen) atoms. The van der Waals surface area contributed by atoms with Crippen LogP contribution in [0.25, 0.3) is 33.4 Å². The molecule has 0 bridgehead atoms. The first kappa shape index (κ1) is 35.0. The molecule has 3 atom stereocenters. The van der Waals surface area contributed by atoms with Gasteiger partial charge in [-0.2, -0.15) is 0 Å². The number of hydrogen-bond acceptors (Lipinski definition) is 8. The minimum absolute atomic E-state index is 0.115. The fraction of sp³-hybridized carbons (Fsp3) is 0.425. The standard InChI is InChI=1S/C40H46BN5O7/c1-22(2)34(44-38(48)49-8)36(47)45-17-9-10-30(45)35-42-21-28(43-35)24-12-14-27-31-19-25-18-26(41-52-39(4,5)40(6,7)53-41)13-15-29(25)46(31)37(51-33(27)20-24)32-16-11-23(3)50-32/h11-16,18-22,30,34,37H,9-10,17H2,1-8H3,(H,42,43)(H,44,48)/t30-,34-,37?/m0/s1. The topological polar surface area (TPSA) is 133 Å². The second-order valence-electron chi connectivity index (χ2n) is 15.7. The van der Waals surface area contributed by atoms with E-state index in [1.807, 2.05) is 43.9 Å². The summed E-state index contributed by atoms with van der Waals surface area (Å²) in [5, 5.41) is 3.75. The highest BCUT2D eigenvalue weighted by Crippen LogP contribution is 2.46. The zero-order chi connectivity index (χ0) is 37.4. The van der Waals surface area contributed by atoms with E-state index < -0.39 is 36.7 Å². The summed E-state index contributed by atoms with van der Waals surface area (Å²) in [7, 11) is 0.820. The number of amides is 2. The van der Waals surface area contributed by atoms with E-state index in [-0.39, 0.29) is 17.9 Å². The summed E-state index contributed by atoms with van der Waals surface area (Å²) in [6, 6.07) is 17.6. The van der Waals surface area contributed by atoms with Crippen molar-refractivity contribution >= 4 is 35.5 Å². The average molecular weight is 720 g/mol. The number of aryl methyl sites for hydroxylation is 1. The monoisotopic (exact) mass is 719 g/mol. The molecule has 0 radical (unpaired) electrons. The third kappa shape index (κ3) is 5.99. The van der Waals surface area contributed by atoms with Crippen LogP contribution in [0.4, 0.5) is 4.79 Å². The van der Waals surface area contributed by atoms with Crippen molar-refractivity contribution in [3.05, 3.63) is 78.1 Å². The maximum atomic E-state index is 13.7. The number of aromatic nitrogens is 3. The minimum atomic E-state index is -0.702. The molecule has 2 amide bonds. The van der Waals surface area contributed by atoms with Crippen LogP contribution in [-0.2, 0) is 18.8 Å². The van der Waals surface area contributed by atoms with Crippen LogP contribution in [0.1, 0.15) is 84.0 Å². The number of rotatable bonds is 7. The highest BCUT2D eigenvalue weighted by atomic mass is 16.7. The molecule has 2 N–H and O–H groups in total. The number of fused-ring (bicyclic) bond motifs is 5. The Kier molecular flexibility index (Phi) is 8.49. The Morgan fingerprint density at radius 3 is 2.51 bits per heavy atom. The van der Waals surface area contributed by atoms with Gasteiger partial charge in [0.05, 0.1) is 47.5 Å². The summed E-state index contributed by atoms with van der Waals surface area (Å²) in [5.74, 6) is 2.65. The molecule has 2 saturated heterocycles. The van der Waals surface area contributed by atoms with Gasteiger partial charge in [0, 0.05) is 23.1 Å². The van der Waals surface area contributed by atoms with Crippen LogP contribution in [0.3, 0.4) is 0 Å². The third-order valence-corrected chi connectivity index (χ3v) is 11.3. The Bertz CT molecular complexity index is 2200. The first-order valence-electron chi connectivity index (χ1n) is 18.3. The van der Waals surface area contributed by atoms with Gasteiger partial charge >= 0.3 is 13.2 Å². The smallest absolute Gasteiger partial charge is 0.462 e. The molecule has 3 aliphatic rings. The second-order valence-corrected chi connectivity index (χ2v) is 15.7. The predicted molar refractivity (Wildman–Crippen MR) is 201 cm³/mol. The highest BCUT2D eigenvalue weighted by molar-refractivity contribution is 6.62. The van der Waals surface area contributed by atoms with Crippen molar-refractivity contribution in [2.45, 2.75) is 90.8 Å². The third-order valence-electron chi connectivity index (χ3n) is 11.3. The second kappa shape index (κ2) is 12.8. The molecular weight excluding hydrogens is 673 g/mol. The molecule has 8 rings (SSSR count). The number of hydrogen-bond donors (Lipinski definition) is 2. The molecule has 0 aliphatic carbocycles. The fourth-order valence-electron chi connectivity index (χ4n) is 7.63. The molecule has 12 nitrogen and oxygen atoms in total. The first-order chi connectivity index (χ1) is 25.2. The van der Waals surface area contributed by atoms with Gasteiger partial charge in [-0.25, -0.2) is 9.78 Å². The van der Waals surface area contributed by atoms with Gasteiger partial charge in [0.15, 0.2) is 5.76 Å². The summed E-state index contributed by atoms with van der Waals surface area (Å²) in [5.41, 5.74) is 4.73. The van der Waals surface area contributed by atoms with Crippen molar-refractivity contribution in [1.82, 2.24) is 24.8 Å². The number of imidazole rings is 1. The van der Waals surface area contributed by atoms with Crippen molar-refractivity contribution in [2.75, 3.05) is 13.7 Å². The summed E-state index contributed by atoms with van der Waals surface area (Å²) < 4.78 is 32.7. The Morgan fingerprint density at radius 1 is 1.04 bits per heavy atom. The molecule has 13 heteroatoms. The van der Waals surface area contributed by atoms with E-state index in [4.69, 9.17) is 28.2 Å². The van der Waals surface area contributed by atoms with Crippen molar-refractivity contribution < 1.29 is 32.8 Å². The average Bonchev–Trinajstić information content (AvgIpc) is 3.96. The Hall–Kier alpha value is -5.01. The van der Waals surface area contributed by atoms with Gasteiger partial charge in [-0.15, -0.1) is 0 Å². The lowest BCUT2D eigenvalue weighted by Crippen LogP contribution is -2.51. The molecule has 0 saturated carbocycles. The van der Waals surface area contributed by atoms with Crippen molar-refractivity contribution in [1.29, 1.82) is 0 Å². The Balaban J connectivity index is 1.12. The van der Waals surface area contributed by atoms with Gasteiger partial charge < -0.3 is 38.4 Å². The van der Waals surface area contributed by atoms with Crippen LogP contribution in [0.5, 0.6) is 5.75 Å². The van der Waals surface area contributed by atoms with Crippen LogP contribution < -0.4 is 15.5 Å². The minimum Gasteiger partial charge on any atom is -0.462 e. The van der Waals surface area contributed by atoms with Crippen LogP contribution in [0.15, 0.2) is 65.2 Å². The fourth-order valence-corrected chi connectivity index (χ4v) is 7.63. The van der Waals surface area contributed by atoms with Gasteiger partial charge in [-0.05, 0) is 95.2 Å². The number of alkyl carbamates (subject to hydrolysis) is 1. The zero-order valence-electron chi connectivity index (χ0n) is 31.5. The lowest BCUT2D eigenvalue weighted by Gasteiger charge is -2.32. The summed E-state index contributed by atoms with van der Waals surface area (Å²) >= 11 is 0. The summed E-state index contributed by atoms with van der Waals surface area (Å²) in [4.78, 5) is 35.8. The molecule has 0 spiro atoms. The molecule has 5 aromatic rings. The molecule has 2 fully saturated rings. The van der Waals surface area contributed by atoms with E-state index in [9.17, 15) is 9.59 Å². The Morgan fingerprint density at radius 2 is 1.81 bits per heavy atom. The van der Waals surface area contributed by atoms with E-state index in [0.717, 1.165) is 57.5 Å². The maximum absolute atomic E-state index is 13.7. The molecule has 3 aromatic heterocycles. The van der Waals surface area contributed by atoms with Gasteiger partial charge in [0.25, 0.3) is 0 Å². The first-order valence-corrected chi connectivity index (χ1v) is 18.3. The molecule has 1 unspecified atom stereocenters. The molecular formula is C40H46BN5O7. The van der Waals surface area contributed by atoms with E-state index in [2.05, 4.69) is 79.0 Å². The number of ether oxygens (including phenoxy) is 2. The van der Waals surface area contributed by atoms with E-state index in [1.54, 1.807) is 6.20 Å². The summed E-state index contributed by atoms with van der Waals surface area (Å²) in [6.45, 7) is 14.6. The Labute approximate surface area is 309 Å². The zero-order valence-corrected chi connectivity index (χ0v) is 31.5. The van der Waals surface area contributed by atoms with Gasteiger partial charge in [0.1, 0.15) is 23.4 Å². The predicted octanol–water partition coefficient (Wildman–Crippen LogP) is 6.88. The number of carbonyl (C=O) groups is 2. The largest absolute Gasteiger partial charge is 0.494 e. The number of likely N-dealkylation sites (tertiary alicyclic amines) is 1. The van der Waals surface area contributed by atoms with Gasteiger partial charge in [-0.3, -0.25) is 9.36 Å². The number of nitrogens with one attached hydrogen (secondary N) is 2. The van der Waals surface area contributed by atoms with Crippen LogP contribution in [0.2, 0.25) is 0 Å². The van der Waals surface area contributed by atoms with E-state index in [1.165, 1.54) is 7.11 Å². The molecule has 2 aromatic carbocycles. The van der Waals surface area contributed by atoms with E-state index in [0.29, 0.717) is 23.9 Å². The van der Waals surface area contributed by atoms with Crippen molar-refractivity contribution in [3.8, 4) is 28.3 Å². The maximum Gasteiger partial charge on any atom is 0.494 e. The van der Waals surface area contributed by atoms with Crippen LogP contribution in [-0.4, -0.2) is 69.5 Å². The van der Waals surface area contributed by atoms with Gasteiger partial charge in [-0.1, -0.05) is 32.0 Å². The SMILES string of the molecule is COC(=O)N[C@H](C(=O)N1CCC[C@H]1c1ncc(-c2ccc3c(c2)OC(c2ccc(C)o2)n2c-3cc3cc(B4OC(C)(C)C(C)(C)O4)ccc32)[nH]1)C(C)C. The summed E-state index contributed by atoms with van der Waals surface area (Å²) in [6.07, 6.45) is 2.24. The molecule has 6 heterocycles. The van der Waals surface area contributed by atoms with Crippen molar-refractivity contribution in [2.24, 2.45) is 5.92 Å². The number of carbonyl (C=O) groups excluding carboxylic acids is 2. The van der Waals surface area contributed by atoms with Crippen LogP contribution in [0, 0.1) is 12.8 Å². The lowest BCUT2D eigenvalue weighted by atomic mass is 9.78. The number of furan rings is 1. The number of benzene rings is 2. The number of aromatic amines is 1. The quantitative estimate of drug-likeness (QED) is 0.174. The number of H-pyrrole nitrogens is 1. The van der Waals surface area contributed by atoms with Crippen molar-refractivity contribution in [3.63, 3.8) is 0 Å². The number of nitrogens with zero attached hydrogens (tertiary/aromatic N) is 3. The number of methoxy groups -OCH3 is 1. The molecule has 3 aliphatic heterocycles. The lowest BCUT2D eigenvalue weighted by molar-refractivity contribution is -0.135. The molecule has 276 valence electrons.